The molecule has 3 aromatic rings. The number of nitrogens with zero attached hydrogens (tertiary/aromatic N) is 3. The van der Waals surface area contributed by atoms with Gasteiger partial charge in [0.1, 0.15) is 41.1 Å². The summed E-state index contributed by atoms with van der Waals surface area (Å²) in [6.07, 6.45) is 7.29. The highest BCUT2D eigenvalue weighted by atomic mass is 32.2. The van der Waals surface area contributed by atoms with Crippen molar-refractivity contribution in [3.05, 3.63) is 77.5 Å². The Bertz CT molecular complexity index is 2110. The number of halogens is 2. The second-order valence-electron chi connectivity index (χ2n) is 14.5. The maximum Gasteiger partial charge on any atom is 0.259 e. The van der Waals surface area contributed by atoms with E-state index in [-0.39, 0.29) is 42.8 Å². The van der Waals surface area contributed by atoms with Gasteiger partial charge in [-0.05, 0) is 81.3 Å². The average Bonchev–Trinajstić information content (AvgIpc) is 4.07. The van der Waals surface area contributed by atoms with Gasteiger partial charge in [0, 0.05) is 24.0 Å². The van der Waals surface area contributed by atoms with E-state index in [9.17, 15) is 36.4 Å². The lowest BCUT2D eigenvalue weighted by atomic mass is 10.0. The van der Waals surface area contributed by atoms with Crippen LogP contribution in [0.15, 0.2) is 54.6 Å². The fourth-order valence-electron chi connectivity index (χ4n) is 7.22. The van der Waals surface area contributed by atoms with Crippen molar-refractivity contribution in [3.63, 3.8) is 0 Å². The predicted octanol–water partition coefficient (Wildman–Crippen LogP) is 3.62. The number of aryl methyl sites for hydroxylation is 1. The van der Waals surface area contributed by atoms with Crippen LogP contribution in [0.3, 0.4) is 0 Å². The smallest absolute Gasteiger partial charge is 0.259 e. The lowest BCUT2D eigenvalue weighted by molar-refractivity contribution is -0.141. The van der Waals surface area contributed by atoms with Gasteiger partial charge in [0.2, 0.25) is 27.7 Å². The summed E-state index contributed by atoms with van der Waals surface area (Å²) in [6.45, 7) is 1.75. The van der Waals surface area contributed by atoms with Crippen molar-refractivity contribution >= 4 is 44.7 Å². The number of hydrogen-bond acceptors (Lipinski definition) is 9. The number of aromatic nitrogens is 2. The molecule has 1 aromatic heterocycles. The number of fused-ring (bicyclic) bond motifs is 3. The van der Waals surface area contributed by atoms with Crippen molar-refractivity contribution < 1.29 is 41.1 Å². The van der Waals surface area contributed by atoms with Gasteiger partial charge in [0.05, 0.1) is 22.8 Å². The Morgan fingerprint density at radius 3 is 2.50 bits per heavy atom. The summed E-state index contributed by atoms with van der Waals surface area (Å²) in [5.41, 5.74) is -0.194. The molecule has 13 nitrogen and oxygen atoms in total. The first-order chi connectivity index (χ1) is 25.9. The van der Waals surface area contributed by atoms with Crippen LogP contribution in [0.25, 0.3) is 11.0 Å². The van der Waals surface area contributed by atoms with Gasteiger partial charge in [-0.25, -0.2) is 27.2 Å². The Balaban J connectivity index is 1.20. The van der Waals surface area contributed by atoms with Crippen molar-refractivity contribution in [1.29, 1.82) is 0 Å². The topological polar surface area (TPSA) is 177 Å². The van der Waals surface area contributed by atoms with Gasteiger partial charge < -0.3 is 20.3 Å². The zero-order chi connectivity index (χ0) is 38.2. The van der Waals surface area contributed by atoms with E-state index in [0.29, 0.717) is 49.7 Å². The summed E-state index contributed by atoms with van der Waals surface area (Å²) in [5.74, 6) is -4.06. The number of carbonyl (C=O) groups excluding carboxylic acids is 4. The van der Waals surface area contributed by atoms with Crippen LogP contribution in [0.1, 0.15) is 80.8 Å². The van der Waals surface area contributed by atoms with Crippen LogP contribution in [0.2, 0.25) is 0 Å². The van der Waals surface area contributed by atoms with Gasteiger partial charge in [0.25, 0.3) is 11.8 Å². The number of rotatable bonds is 8. The number of ether oxygens (including phenoxy) is 1. The highest BCUT2D eigenvalue weighted by Crippen LogP contribution is 2.46. The lowest BCUT2D eigenvalue weighted by Crippen LogP contribution is -2.58. The van der Waals surface area contributed by atoms with Crippen LogP contribution in [0.5, 0.6) is 5.88 Å². The number of sulfonamides is 1. The molecule has 16 heteroatoms. The van der Waals surface area contributed by atoms with Gasteiger partial charge in [-0.3, -0.25) is 23.9 Å². The van der Waals surface area contributed by atoms with Crippen molar-refractivity contribution in [2.45, 2.75) is 100 Å². The van der Waals surface area contributed by atoms with Crippen molar-refractivity contribution in [2.75, 3.05) is 6.54 Å². The molecule has 2 aromatic carbocycles. The van der Waals surface area contributed by atoms with Gasteiger partial charge in [-0.1, -0.05) is 31.9 Å². The molecular weight excluding hydrogens is 723 g/mol. The summed E-state index contributed by atoms with van der Waals surface area (Å²) < 4.78 is 61.9. The summed E-state index contributed by atoms with van der Waals surface area (Å²) >= 11 is 0. The predicted molar refractivity (Wildman–Crippen MR) is 192 cm³/mol. The Kier molecular flexibility index (Phi) is 10.4. The summed E-state index contributed by atoms with van der Waals surface area (Å²) in [5, 5.41) is 4.96. The number of hydrogen-bond donors (Lipinski definition) is 3. The first-order valence-electron chi connectivity index (χ1n) is 18.4. The molecule has 3 fully saturated rings. The summed E-state index contributed by atoms with van der Waals surface area (Å²) in [7, 11) is -3.93. The van der Waals surface area contributed by atoms with E-state index in [1.165, 1.54) is 35.2 Å². The molecule has 3 N–H and O–H groups in total. The quantitative estimate of drug-likeness (QED) is 0.289. The van der Waals surface area contributed by atoms with Gasteiger partial charge in [0.15, 0.2) is 0 Å². The molecule has 2 aliphatic carbocycles. The standard InChI is InChI=1S/C38H42F2N6O7S/c1-2-28-35(43-31-18-25(40)14-17-29(31)41-28)53-26-19-32-34(48)44-38(37(50)45-54(51,52)27-15-16-27)20-23(38)8-6-4-3-5-7-9-30(36(49)46(32)21-26)42-33(47)22-10-12-24(39)13-11-22/h6,8,10-14,17-18,23,26-27,30,32H,2-5,7,9,15-16,19-21H2,1H3,(H,42,47)(H,44,48)(H,45,50)/t23-,26-,30+,32+,38-/m1/s1. The zero-order valence-electron chi connectivity index (χ0n) is 29.7. The number of carbonyl (C=O) groups is 4. The minimum absolute atomic E-state index is 0.0409. The SMILES string of the molecule is CCc1nc2ccc(F)cc2nc1O[C@@H]1C[C@H]2C(=O)N[C@]3(C(=O)NS(=O)(=O)C4CC4)C[C@H]3C=CCCCCC[C@H](NC(=O)c3ccc(F)cc3)C(=O)N2C1. The molecule has 0 radical (unpaired) electrons. The molecule has 0 bridgehead atoms. The van der Waals surface area contributed by atoms with Gasteiger partial charge in [-0.2, -0.15) is 0 Å². The third kappa shape index (κ3) is 7.93. The fourth-order valence-corrected chi connectivity index (χ4v) is 8.58. The van der Waals surface area contributed by atoms with Crippen molar-refractivity contribution in [2.24, 2.45) is 5.92 Å². The number of nitrogens with one attached hydrogen (secondary N) is 3. The first-order valence-corrected chi connectivity index (χ1v) is 20.0. The van der Waals surface area contributed by atoms with E-state index in [1.807, 2.05) is 19.1 Å². The van der Waals surface area contributed by atoms with Crippen LogP contribution in [-0.4, -0.2) is 82.4 Å². The molecule has 0 spiro atoms. The number of amides is 4. The molecule has 3 heterocycles. The molecule has 2 saturated carbocycles. The molecule has 2 aliphatic heterocycles. The van der Waals surface area contributed by atoms with Crippen LogP contribution >= 0.6 is 0 Å². The highest BCUT2D eigenvalue weighted by molar-refractivity contribution is 7.91. The van der Waals surface area contributed by atoms with E-state index < -0.39 is 80.2 Å². The molecule has 54 heavy (non-hydrogen) atoms. The largest absolute Gasteiger partial charge is 0.471 e. The van der Waals surface area contributed by atoms with Crippen LogP contribution in [-0.2, 0) is 30.8 Å². The Morgan fingerprint density at radius 1 is 1.00 bits per heavy atom. The van der Waals surface area contributed by atoms with Crippen LogP contribution in [0, 0.1) is 17.6 Å². The second kappa shape index (κ2) is 15.0. The van der Waals surface area contributed by atoms with Crippen LogP contribution < -0.4 is 20.1 Å². The highest BCUT2D eigenvalue weighted by Gasteiger charge is 2.62. The molecule has 0 unspecified atom stereocenters. The van der Waals surface area contributed by atoms with E-state index in [2.05, 4.69) is 25.3 Å². The van der Waals surface area contributed by atoms with E-state index in [4.69, 9.17) is 4.74 Å². The normalized spacial score (nSPS) is 26.2. The maximum atomic E-state index is 14.5. The van der Waals surface area contributed by atoms with Crippen molar-refractivity contribution in [1.82, 2.24) is 30.2 Å². The van der Waals surface area contributed by atoms with E-state index in [1.54, 1.807) is 0 Å². The Hall–Kier alpha value is -4.99. The Morgan fingerprint density at radius 2 is 1.76 bits per heavy atom. The minimum Gasteiger partial charge on any atom is -0.471 e. The minimum atomic E-state index is -3.93. The van der Waals surface area contributed by atoms with Gasteiger partial charge >= 0.3 is 0 Å². The molecule has 4 aliphatic rings. The first kappa shape index (κ1) is 37.3. The average molecular weight is 765 g/mol. The molecule has 286 valence electrons. The molecule has 7 rings (SSSR count). The Labute approximate surface area is 311 Å². The molecule has 1 saturated heterocycles. The number of benzene rings is 2. The van der Waals surface area contributed by atoms with E-state index >= 15 is 0 Å². The molecule has 4 amide bonds. The summed E-state index contributed by atoms with van der Waals surface area (Å²) in [4.78, 5) is 66.3. The monoisotopic (exact) mass is 764 g/mol. The molecular formula is C38H42F2N6O7S. The fraction of sp³-hybridized carbons (Fsp3) is 0.474. The van der Waals surface area contributed by atoms with E-state index in [0.717, 1.165) is 18.6 Å². The lowest BCUT2D eigenvalue weighted by Gasteiger charge is -2.30. The van der Waals surface area contributed by atoms with Crippen LogP contribution in [0.4, 0.5) is 8.78 Å². The van der Waals surface area contributed by atoms with Gasteiger partial charge in [-0.15, -0.1) is 0 Å². The summed E-state index contributed by atoms with van der Waals surface area (Å²) in [6, 6.07) is 6.67. The van der Waals surface area contributed by atoms with Crippen molar-refractivity contribution in [3.8, 4) is 5.88 Å². The third-order valence-electron chi connectivity index (χ3n) is 10.5. The zero-order valence-corrected chi connectivity index (χ0v) is 30.5. The third-order valence-corrected chi connectivity index (χ3v) is 12.3. The molecule has 5 atom stereocenters. The maximum absolute atomic E-state index is 14.5. The number of allylic oxidation sites excluding steroid dienone is 1. The second-order valence-corrected chi connectivity index (χ2v) is 16.5.